The van der Waals surface area contributed by atoms with Crippen LogP contribution in [-0.4, -0.2) is 21.0 Å². The Balaban J connectivity index is 2.52. The normalized spacial score (nSPS) is 13.2. The van der Waals surface area contributed by atoms with E-state index in [0.717, 1.165) is 23.0 Å². The van der Waals surface area contributed by atoms with E-state index in [9.17, 15) is 12.8 Å². The molecule has 0 atom stereocenters. The van der Waals surface area contributed by atoms with Crippen LogP contribution in [0.5, 0.6) is 0 Å². The molecule has 0 aliphatic heterocycles. The van der Waals surface area contributed by atoms with Crippen LogP contribution in [0.25, 0.3) is 11.3 Å². The van der Waals surface area contributed by atoms with E-state index < -0.39 is 9.84 Å². The number of allylic oxidation sites excluding steroid dienone is 1. The minimum atomic E-state index is -3.24. The lowest BCUT2D eigenvalue weighted by Gasteiger charge is -2.09. The Morgan fingerprint density at radius 2 is 1.57 bits per heavy atom. The molecular formula is C17H17FN2O2S. The number of sulfone groups is 1. The number of hydrogen-bond donors (Lipinski definition) is 1. The molecule has 0 fully saturated rings. The highest BCUT2D eigenvalue weighted by molar-refractivity contribution is 7.90. The van der Waals surface area contributed by atoms with Gasteiger partial charge in [-0.25, -0.2) is 17.8 Å². The maximum atomic E-state index is 13.1. The van der Waals surface area contributed by atoms with Gasteiger partial charge < -0.3 is 5.73 Å². The van der Waals surface area contributed by atoms with Crippen LogP contribution in [0.15, 0.2) is 58.4 Å². The van der Waals surface area contributed by atoms with Gasteiger partial charge in [0.05, 0.1) is 16.9 Å². The van der Waals surface area contributed by atoms with Crippen molar-refractivity contribution in [1.82, 2.24) is 0 Å². The molecule has 120 valence electrons. The van der Waals surface area contributed by atoms with E-state index in [-0.39, 0.29) is 10.7 Å². The molecule has 6 heteroatoms. The molecule has 2 N–H and O–H groups in total. The maximum absolute atomic E-state index is 13.1. The first kappa shape index (κ1) is 16.9. The molecule has 0 saturated heterocycles. The molecule has 0 radical (unpaired) electrons. The molecule has 0 aliphatic rings. The molecule has 23 heavy (non-hydrogen) atoms. The summed E-state index contributed by atoms with van der Waals surface area (Å²) < 4.78 is 36.1. The lowest BCUT2D eigenvalue weighted by Crippen LogP contribution is -1.97. The van der Waals surface area contributed by atoms with Gasteiger partial charge in [0.1, 0.15) is 5.82 Å². The van der Waals surface area contributed by atoms with Crippen LogP contribution >= 0.6 is 0 Å². The topological polar surface area (TPSA) is 72.5 Å². The average Bonchev–Trinajstić information content (AvgIpc) is 2.52. The monoisotopic (exact) mass is 332 g/mol. The molecular weight excluding hydrogens is 315 g/mol. The first-order chi connectivity index (χ1) is 10.8. The number of aliphatic imine (C=N–C) groups is 1. The van der Waals surface area contributed by atoms with Gasteiger partial charge in [-0.05, 0) is 54.5 Å². The second kappa shape index (κ2) is 6.75. The second-order valence-corrected chi connectivity index (χ2v) is 7.07. The molecule has 4 nitrogen and oxygen atoms in total. The summed E-state index contributed by atoms with van der Waals surface area (Å²) in [5, 5.41) is 0. The van der Waals surface area contributed by atoms with Crippen molar-refractivity contribution < 1.29 is 12.8 Å². The molecule has 0 saturated carbocycles. The van der Waals surface area contributed by atoms with Gasteiger partial charge >= 0.3 is 0 Å². The summed E-state index contributed by atoms with van der Waals surface area (Å²) in [6, 6.07) is 12.4. The fourth-order valence-corrected chi connectivity index (χ4v) is 2.79. The molecule has 0 aromatic heterocycles. The molecule has 0 bridgehead atoms. The Morgan fingerprint density at radius 1 is 1.04 bits per heavy atom. The fraction of sp³-hybridized carbons (Fsp3) is 0.118. The summed E-state index contributed by atoms with van der Waals surface area (Å²) in [5.74, 6) is -0.333. The van der Waals surface area contributed by atoms with Crippen LogP contribution in [0.1, 0.15) is 18.1 Å². The number of halogens is 1. The van der Waals surface area contributed by atoms with Crippen LogP contribution in [-0.2, 0) is 9.84 Å². The van der Waals surface area contributed by atoms with Gasteiger partial charge in [-0.15, -0.1) is 0 Å². The van der Waals surface area contributed by atoms with E-state index in [1.54, 1.807) is 36.4 Å². The van der Waals surface area contributed by atoms with Crippen LogP contribution in [0, 0.1) is 5.82 Å². The van der Waals surface area contributed by atoms with Crippen molar-refractivity contribution in [2.45, 2.75) is 11.8 Å². The molecule has 2 aromatic rings. The van der Waals surface area contributed by atoms with E-state index >= 15 is 0 Å². The highest BCUT2D eigenvalue weighted by Crippen LogP contribution is 2.27. The second-order valence-electron chi connectivity index (χ2n) is 5.06. The third-order valence-electron chi connectivity index (χ3n) is 3.39. The number of nitrogens with zero attached hydrogens (tertiary/aromatic N) is 1. The first-order valence-corrected chi connectivity index (χ1v) is 8.73. The molecule has 2 aromatic carbocycles. The summed E-state index contributed by atoms with van der Waals surface area (Å²) in [4.78, 5) is 4.41. The highest BCUT2D eigenvalue weighted by atomic mass is 32.2. The average molecular weight is 332 g/mol. The Kier molecular flexibility index (Phi) is 4.95. The molecule has 0 aliphatic carbocycles. The SMILES string of the molecule is C/C(=C(\N=CN)c1ccc(F)cc1)c1ccc(S(C)(=O)=O)cc1. The van der Waals surface area contributed by atoms with Gasteiger partial charge in [0.2, 0.25) is 0 Å². The van der Waals surface area contributed by atoms with Crippen LogP contribution in [0.2, 0.25) is 0 Å². The molecule has 0 spiro atoms. The molecule has 2 rings (SSSR count). The number of benzene rings is 2. The van der Waals surface area contributed by atoms with E-state index in [4.69, 9.17) is 5.73 Å². The van der Waals surface area contributed by atoms with Crippen molar-refractivity contribution in [2.24, 2.45) is 10.7 Å². The Bertz CT molecular complexity index is 852. The highest BCUT2D eigenvalue weighted by Gasteiger charge is 2.10. The van der Waals surface area contributed by atoms with Crippen molar-refractivity contribution in [3.05, 3.63) is 65.5 Å². The smallest absolute Gasteiger partial charge is 0.175 e. The maximum Gasteiger partial charge on any atom is 0.175 e. The van der Waals surface area contributed by atoms with Crippen LogP contribution in [0.3, 0.4) is 0 Å². The van der Waals surface area contributed by atoms with Crippen molar-refractivity contribution in [1.29, 1.82) is 0 Å². The fourth-order valence-electron chi connectivity index (χ4n) is 2.16. The quantitative estimate of drug-likeness (QED) is 0.531. The summed E-state index contributed by atoms with van der Waals surface area (Å²) in [6.45, 7) is 1.85. The third-order valence-corrected chi connectivity index (χ3v) is 4.52. The van der Waals surface area contributed by atoms with Gasteiger partial charge in [0.15, 0.2) is 9.84 Å². The minimum absolute atomic E-state index is 0.250. The molecule has 0 unspecified atom stereocenters. The Morgan fingerprint density at radius 3 is 2.04 bits per heavy atom. The van der Waals surface area contributed by atoms with Crippen LogP contribution in [0.4, 0.5) is 4.39 Å². The van der Waals surface area contributed by atoms with Gasteiger partial charge in [-0.2, -0.15) is 0 Å². The zero-order chi connectivity index (χ0) is 17.0. The predicted octanol–water partition coefficient (Wildman–Crippen LogP) is 3.10. The van der Waals surface area contributed by atoms with E-state index in [2.05, 4.69) is 4.99 Å². The number of nitrogens with two attached hydrogens (primary N) is 1. The van der Waals surface area contributed by atoms with Crippen molar-refractivity contribution in [3.63, 3.8) is 0 Å². The predicted molar refractivity (Wildman–Crippen MR) is 91.1 cm³/mol. The standard InChI is InChI=1S/C17H17FN2O2S/c1-12(13-5-9-16(10-6-13)23(2,21)22)17(20-11-19)14-3-7-15(18)8-4-14/h3-11H,1-2H3,(H2,19,20)/b17-12+. The Hall–Kier alpha value is -2.47. The van der Waals surface area contributed by atoms with E-state index in [1.165, 1.54) is 18.5 Å². The minimum Gasteiger partial charge on any atom is -0.390 e. The summed E-state index contributed by atoms with van der Waals surface area (Å²) >= 11 is 0. The van der Waals surface area contributed by atoms with Crippen molar-refractivity contribution >= 4 is 27.4 Å². The number of rotatable bonds is 4. The largest absolute Gasteiger partial charge is 0.390 e. The van der Waals surface area contributed by atoms with Gasteiger partial charge in [0.25, 0.3) is 0 Å². The molecule has 0 heterocycles. The van der Waals surface area contributed by atoms with Crippen molar-refractivity contribution in [3.8, 4) is 0 Å². The van der Waals surface area contributed by atoms with Gasteiger partial charge in [-0.1, -0.05) is 12.1 Å². The van der Waals surface area contributed by atoms with E-state index in [1.807, 2.05) is 6.92 Å². The lowest BCUT2D eigenvalue weighted by atomic mass is 10.0. The first-order valence-electron chi connectivity index (χ1n) is 6.84. The summed E-state index contributed by atoms with van der Waals surface area (Å²) in [7, 11) is -3.24. The molecule has 0 amide bonds. The summed E-state index contributed by atoms with van der Waals surface area (Å²) in [5.41, 5.74) is 8.34. The summed E-state index contributed by atoms with van der Waals surface area (Å²) in [6.07, 6.45) is 2.33. The van der Waals surface area contributed by atoms with Crippen molar-refractivity contribution in [2.75, 3.05) is 6.26 Å². The van der Waals surface area contributed by atoms with Gasteiger partial charge in [0, 0.05) is 11.8 Å². The number of hydrogen-bond acceptors (Lipinski definition) is 3. The third kappa shape index (κ3) is 4.04. The van der Waals surface area contributed by atoms with Gasteiger partial charge in [-0.3, -0.25) is 0 Å². The lowest BCUT2D eigenvalue weighted by molar-refractivity contribution is 0.602. The zero-order valence-corrected chi connectivity index (χ0v) is 13.6. The van der Waals surface area contributed by atoms with Crippen LogP contribution < -0.4 is 5.73 Å². The Labute approximate surface area is 135 Å². The van der Waals surface area contributed by atoms with E-state index in [0.29, 0.717) is 5.70 Å². The zero-order valence-electron chi connectivity index (χ0n) is 12.8.